The second-order valence-corrected chi connectivity index (χ2v) is 10.9. The molecular formula is C33H37F5O. The van der Waals surface area contributed by atoms with E-state index in [9.17, 15) is 13.2 Å². The number of rotatable bonds is 11. The average Bonchev–Trinajstić information content (AvgIpc) is 2.92. The normalized spacial score (nSPS) is 17.4. The fourth-order valence-corrected chi connectivity index (χ4v) is 5.80. The highest BCUT2D eigenvalue weighted by Crippen LogP contribution is 2.44. The standard InChI is InChI=1S/C33H37F5O/c1-3-4-5-6-7-8-11-22-14-16-23(17-15-22)30-26(34)18-21(2)33(32(30)38)39-29-13-10-9-12-25(29)24-19-27(35)31(37)28(36)20-24/h9-10,12-13,18-20,22-23H,3-8,11,14-17H2,1-2H3/t22-,23-. The van der Waals surface area contributed by atoms with Crippen molar-refractivity contribution in [2.45, 2.75) is 90.4 Å². The van der Waals surface area contributed by atoms with Crippen LogP contribution >= 0.6 is 0 Å². The molecule has 1 saturated carbocycles. The number of aryl methyl sites for hydroxylation is 1. The molecule has 0 amide bonds. The highest BCUT2D eigenvalue weighted by Gasteiger charge is 2.29. The highest BCUT2D eigenvalue weighted by atomic mass is 19.2. The van der Waals surface area contributed by atoms with Crippen LogP contribution < -0.4 is 4.74 Å². The van der Waals surface area contributed by atoms with E-state index in [1.807, 2.05) is 0 Å². The van der Waals surface area contributed by atoms with Gasteiger partial charge >= 0.3 is 0 Å². The zero-order valence-corrected chi connectivity index (χ0v) is 22.8. The maximum Gasteiger partial charge on any atom is 0.194 e. The second kappa shape index (κ2) is 13.5. The van der Waals surface area contributed by atoms with Crippen molar-refractivity contribution >= 4 is 0 Å². The molecule has 0 aromatic heterocycles. The summed E-state index contributed by atoms with van der Waals surface area (Å²) in [5.41, 5.74) is 0.628. The fourth-order valence-electron chi connectivity index (χ4n) is 5.80. The fraction of sp³-hybridized carbons (Fsp3) is 0.455. The second-order valence-electron chi connectivity index (χ2n) is 10.9. The first-order chi connectivity index (χ1) is 18.8. The van der Waals surface area contributed by atoms with Crippen LogP contribution in [0.4, 0.5) is 22.0 Å². The first-order valence-electron chi connectivity index (χ1n) is 14.2. The minimum atomic E-state index is -1.57. The van der Waals surface area contributed by atoms with E-state index in [-0.39, 0.29) is 39.7 Å². The molecule has 39 heavy (non-hydrogen) atoms. The SMILES string of the molecule is CCCCCCCC[C@H]1CC[C@H](c2c(F)cc(C)c(Oc3ccccc3-c3cc(F)c(F)c(F)c3)c2F)CC1. The summed E-state index contributed by atoms with van der Waals surface area (Å²) in [4.78, 5) is 0. The van der Waals surface area contributed by atoms with Gasteiger partial charge in [-0.15, -0.1) is 0 Å². The molecule has 1 fully saturated rings. The van der Waals surface area contributed by atoms with Crippen molar-refractivity contribution in [3.63, 3.8) is 0 Å². The third-order valence-corrected chi connectivity index (χ3v) is 8.01. The van der Waals surface area contributed by atoms with Gasteiger partial charge in [0.1, 0.15) is 11.6 Å². The number of ether oxygens (including phenoxy) is 1. The summed E-state index contributed by atoms with van der Waals surface area (Å²) in [5.74, 6) is -5.17. The predicted octanol–water partition coefficient (Wildman–Crippen LogP) is 11.2. The minimum Gasteiger partial charge on any atom is -0.453 e. The number of unbranched alkanes of at least 4 members (excludes halogenated alkanes) is 5. The molecule has 1 nitrogen and oxygen atoms in total. The van der Waals surface area contributed by atoms with E-state index in [1.165, 1.54) is 57.1 Å². The molecule has 0 radical (unpaired) electrons. The summed E-state index contributed by atoms with van der Waals surface area (Å²) in [6, 6.07) is 9.36. The summed E-state index contributed by atoms with van der Waals surface area (Å²) in [7, 11) is 0. The van der Waals surface area contributed by atoms with Crippen molar-refractivity contribution in [1.82, 2.24) is 0 Å². The Balaban J connectivity index is 1.50. The smallest absolute Gasteiger partial charge is 0.194 e. The highest BCUT2D eigenvalue weighted by molar-refractivity contribution is 5.71. The largest absolute Gasteiger partial charge is 0.453 e. The lowest BCUT2D eigenvalue weighted by molar-refractivity contribution is 0.292. The summed E-state index contributed by atoms with van der Waals surface area (Å²) in [6.45, 7) is 3.77. The van der Waals surface area contributed by atoms with Gasteiger partial charge in [0.25, 0.3) is 0 Å². The summed E-state index contributed by atoms with van der Waals surface area (Å²) >= 11 is 0. The molecule has 0 bridgehead atoms. The molecule has 0 N–H and O–H groups in total. The Hall–Kier alpha value is -2.89. The molecule has 4 rings (SSSR count). The molecular weight excluding hydrogens is 507 g/mol. The topological polar surface area (TPSA) is 9.23 Å². The Morgan fingerprint density at radius 3 is 2.08 bits per heavy atom. The van der Waals surface area contributed by atoms with Crippen LogP contribution in [0.5, 0.6) is 11.5 Å². The quantitative estimate of drug-likeness (QED) is 0.133. The molecule has 1 aliphatic rings. The molecule has 3 aromatic carbocycles. The van der Waals surface area contributed by atoms with Crippen LogP contribution in [0.3, 0.4) is 0 Å². The van der Waals surface area contributed by atoms with Crippen LogP contribution in [0.1, 0.15) is 94.6 Å². The lowest BCUT2D eigenvalue weighted by Gasteiger charge is -2.30. The van der Waals surface area contributed by atoms with Gasteiger partial charge in [0.15, 0.2) is 29.0 Å². The number of benzene rings is 3. The van der Waals surface area contributed by atoms with Crippen molar-refractivity contribution in [3.8, 4) is 22.6 Å². The Morgan fingerprint density at radius 1 is 0.744 bits per heavy atom. The lowest BCUT2D eigenvalue weighted by Crippen LogP contribution is -2.16. The first kappa shape index (κ1) is 29.1. The van der Waals surface area contributed by atoms with Gasteiger partial charge in [-0.3, -0.25) is 0 Å². The molecule has 0 atom stereocenters. The van der Waals surface area contributed by atoms with Crippen molar-refractivity contribution in [1.29, 1.82) is 0 Å². The summed E-state index contributed by atoms with van der Waals surface area (Å²) in [5, 5.41) is 0. The molecule has 0 aliphatic heterocycles. The van der Waals surface area contributed by atoms with E-state index in [2.05, 4.69) is 6.92 Å². The van der Waals surface area contributed by atoms with E-state index in [4.69, 9.17) is 4.74 Å². The van der Waals surface area contributed by atoms with Gasteiger partial charge in [-0.2, -0.15) is 0 Å². The number of hydrogen-bond acceptors (Lipinski definition) is 1. The van der Waals surface area contributed by atoms with Gasteiger partial charge in [-0.05, 0) is 79.8 Å². The van der Waals surface area contributed by atoms with Crippen molar-refractivity contribution in [3.05, 3.63) is 82.7 Å². The van der Waals surface area contributed by atoms with Crippen molar-refractivity contribution < 1.29 is 26.7 Å². The Kier molecular flexibility index (Phi) is 10.0. The number of halogens is 5. The Morgan fingerprint density at radius 2 is 1.38 bits per heavy atom. The molecule has 0 heterocycles. The lowest BCUT2D eigenvalue weighted by atomic mass is 9.76. The van der Waals surface area contributed by atoms with Gasteiger partial charge in [0, 0.05) is 11.1 Å². The molecule has 1 aliphatic carbocycles. The minimum absolute atomic E-state index is 0.0463. The van der Waals surface area contributed by atoms with Crippen molar-refractivity contribution in [2.24, 2.45) is 5.92 Å². The maximum atomic E-state index is 15.9. The van der Waals surface area contributed by atoms with Crippen LogP contribution in [0, 0.1) is 41.9 Å². The number of para-hydroxylation sites is 1. The molecule has 0 unspecified atom stereocenters. The first-order valence-corrected chi connectivity index (χ1v) is 14.2. The third-order valence-electron chi connectivity index (χ3n) is 8.01. The molecule has 210 valence electrons. The Bertz CT molecular complexity index is 1240. The van der Waals surface area contributed by atoms with E-state index in [0.717, 1.165) is 37.8 Å². The zero-order chi connectivity index (χ0) is 27.9. The average molecular weight is 545 g/mol. The van der Waals surface area contributed by atoms with Gasteiger partial charge < -0.3 is 4.74 Å². The molecule has 6 heteroatoms. The van der Waals surface area contributed by atoms with E-state index >= 15 is 8.78 Å². The third kappa shape index (κ3) is 7.01. The molecule has 0 spiro atoms. The van der Waals surface area contributed by atoms with Crippen molar-refractivity contribution in [2.75, 3.05) is 0 Å². The van der Waals surface area contributed by atoms with Crippen LogP contribution in [0.25, 0.3) is 11.1 Å². The van der Waals surface area contributed by atoms with Gasteiger partial charge in [0.2, 0.25) is 0 Å². The summed E-state index contributed by atoms with van der Waals surface area (Å²) < 4.78 is 78.3. The van der Waals surface area contributed by atoms with Gasteiger partial charge in [0.05, 0.1) is 0 Å². The van der Waals surface area contributed by atoms with Gasteiger partial charge in [-0.25, -0.2) is 22.0 Å². The monoisotopic (exact) mass is 544 g/mol. The van der Waals surface area contributed by atoms with Gasteiger partial charge in [-0.1, -0.05) is 70.1 Å². The number of hydrogen-bond donors (Lipinski definition) is 0. The van der Waals surface area contributed by atoms with E-state index < -0.39 is 29.1 Å². The van der Waals surface area contributed by atoms with Crippen LogP contribution in [0.15, 0.2) is 42.5 Å². The van der Waals surface area contributed by atoms with Crippen LogP contribution in [0.2, 0.25) is 0 Å². The molecule has 0 saturated heterocycles. The molecule has 3 aromatic rings. The maximum absolute atomic E-state index is 15.9. The van der Waals surface area contributed by atoms with Crippen LogP contribution in [-0.2, 0) is 0 Å². The van der Waals surface area contributed by atoms with E-state index in [1.54, 1.807) is 25.1 Å². The van der Waals surface area contributed by atoms with E-state index in [0.29, 0.717) is 5.92 Å². The summed E-state index contributed by atoms with van der Waals surface area (Å²) in [6.07, 6.45) is 12.1. The zero-order valence-electron chi connectivity index (χ0n) is 22.8. The van der Waals surface area contributed by atoms with Crippen LogP contribution in [-0.4, -0.2) is 0 Å². The Labute approximate surface area is 228 Å². The predicted molar refractivity (Wildman–Crippen MR) is 146 cm³/mol.